The van der Waals surface area contributed by atoms with Gasteiger partial charge in [0.1, 0.15) is 0 Å². The maximum atomic E-state index is 11.2. The van der Waals surface area contributed by atoms with Crippen LogP contribution in [0, 0.1) is 5.92 Å². The van der Waals surface area contributed by atoms with E-state index in [0.29, 0.717) is 5.92 Å². The van der Waals surface area contributed by atoms with E-state index in [-0.39, 0.29) is 6.04 Å². The topological polar surface area (TPSA) is 46.2 Å². The SMILES string of the molecule is CS(=O)(=O)N[C@@H](c1ccccc1)C1CC1. The summed E-state index contributed by atoms with van der Waals surface area (Å²) >= 11 is 0. The fraction of sp³-hybridized carbons (Fsp3) is 0.455. The summed E-state index contributed by atoms with van der Waals surface area (Å²) in [5.41, 5.74) is 1.06. The molecule has 0 heterocycles. The van der Waals surface area contributed by atoms with Crippen LogP contribution in [0.2, 0.25) is 0 Å². The Bertz CT molecular complexity index is 423. The van der Waals surface area contributed by atoms with Gasteiger partial charge in [0.05, 0.1) is 6.26 Å². The Morgan fingerprint density at radius 3 is 2.33 bits per heavy atom. The molecule has 0 aromatic heterocycles. The van der Waals surface area contributed by atoms with Crippen molar-refractivity contribution in [1.29, 1.82) is 0 Å². The van der Waals surface area contributed by atoms with E-state index < -0.39 is 10.0 Å². The van der Waals surface area contributed by atoms with Crippen LogP contribution in [-0.4, -0.2) is 14.7 Å². The second-order valence-electron chi connectivity index (χ2n) is 4.12. The first-order valence-electron chi connectivity index (χ1n) is 5.08. The van der Waals surface area contributed by atoms with Gasteiger partial charge < -0.3 is 0 Å². The van der Waals surface area contributed by atoms with E-state index in [4.69, 9.17) is 0 Å². The summed E-state index contributed by atoms with van der Waals surface area (Å²) < 4.78 is 25.2. The molecular formula is C11H15NO2S. The molecular weight excluding hydrogens is 210 g/mol. The van der Waals surface area contributed by atoms with Crippen molar-refractivity contribution >= 4 is 10.0 Å². The highest BCUT2D eigenvalue weighted by Crippen LogP contribution is 2.41. The molecule has 4 heteroatoms. The first kappa shape index (κ1) is 10.6. The molecule has 0 unspecified atom stereocenters. The Morgan fingerprint density at radius 1 is 1.27 bits per heavy atom. The van der Waals surface area contributed by atoms with Gasteiger partial charge in [-0.05, 0) is 24.3 Å². The van der Waals surface area contributed by atoms with E-state index in [9.17, 15) is 8.42 Å². The minimum Gasteiger partial charge on any atom is -0.213 e. The number of sulfonamides is 1. The average molecular weight is 225 g/mol. The van der Waals surface area contributed by atoms with Gasteiger partial charge in [0.2, 0.25) is 10.0 Å². The van der Waals surface area contributed by atoms with Crippen LogP contribution in [0.25, 0.3) is 0 Å². The zero-order chi connectivity index (χ0) is 10.9. The van der Waals surface area contributed by atoms with Crippen LogP contribution in [0.3, 0.4) is 0 Å². The molecule has 15 heavy (non-hydrogen) atoms. The molecule has 1 aliphatic rings. The smallest absolute Gasteiger partial charge is 0.209 e. The lowest BCUT2D eigenvalue weighted by atomic mass is 10.0. The van der Waals surface area contributed by atoms with Crippen LogP contribution < -0.4 is 4.72 Å². The lowest BCUT2D eigenvalue weighted by molar-refractivity contribution is 0.533. The fourth-order valence-corrected chi connectivity index (χ4v) is 2.55. The maximum absolute atomic E-state index is 11.2. The molecule has 0 amide bonds. The molecule has 0 spiro atoms. The second kappa shape index (κ2) is 3.94. The summed E-state index contributed by atoms with van der Waals surface area (Å²) in [6, 6.07) is 9.72. The molecule has 2 rings (SSSR count). The molecule has 1 aromatic carbocycles. The van der Waals surface area contributed by atoms with Crippen molar-refractivity contribution in [2.75, 3.05) is 6.26 Å². The van der Waals surface area contributed by atoms with Crippen LogP contribution in [0.4, 0.5) is 0 Å². The first-order chi connectivity index (χ1) is 7.06. The Balaban J connectivity index is 2.21. The Hall–Kier alpha value is -0.870. The number of rotatable bonds is 4. The molecule has 1 aromatic rings. The minimum atomic E-state index is -3.13. The van der Waals surface area contributed by atoms with Crippen LogP contribution in [0.5, 0.6) is 0 Å². The molecule has 1 saturated carbocycles. The molecule has 1 N–H and O–H groups in total. The van der Waals surface area contributed by atoms with E-state index in [1.807, 2.05) is 30.3 Å². The highest BCUT2D eigenvalue weighted by molar-refractivity contribution is 7.88. The van der Waals surface area contributed by atoms with Gasteiger partial charge in [-0.1, -0.05) is 30.3 Å². The summed E-state index contributed by atoms with van der Waals surface area (Å²) in [5.74, 6) is 0.474. The number of benzene rings is 1. The standard InChI is InChI=1S/C11H15NO2S/c1-15(13,14)12-11(10-7-8-10)9-5-3-2-4-6-9/h2-6,10-12H,7-8H2,1H3/t11-/m0/s1. The molecule has 0 radical (unpaired) electrons. The molecule has 0 saturated heterocycles. The van der Waals surface area contributed by atoms with Crippen LogP contribution >= 0.6 is 0 Å². The molecule has 0 bridgehead atoms. The van der Waals surface area contributed by atoms with E-state index >= 15 is 0 Å². The summed E-state index contributed by atoms with van der Waals surface area (Å²) in [6.07, 6.45) is 3.44. The van der Waals surface area contributed by atoms with Crippen LogP contribution in [0.1, 0.15) is 24.4 Å². The van der Waals surface area contributed by atoms with Crippen molar-refractivity contribution in [2.45, 2.75) is 18.9 Å². The Morgan fingerprint density at radius 2 is 1.87 bits per heavy atom. The Labute approximate surface area is 90.6 Å². The monoisotopic (exact) mass is 225 g/mol. The average Bonchev–Trinajstić information content (AvgIpc) is 2.97. The largest absolute Gasteiger partial charge is 0.213 e. The third-order valence-corrected chi connectivity index (χ3v) is 3.28. The van der Waals surface area contributed by atoms with E-state index in [1.54, 1.807) is 0 Å². The van der Waals surface area contributed by atoms with Crippen molar-refractivity contribution in [3.05, 3.63) is 35.9 Å². The number of nitrogens with one attached hydrogen (secondary N) is 1. The van der Waals surface area contributed by atoms with Crippen molar-refractivity contribution in [1.82, 2.24) is 4.72 Å². The molecule has 0 aliphatic heterocycles. The quantitative estimate of drug-likeness (QED) is 0.847. The number of hydrogen-bond acceptors (Lipinski definition) is 2. The molecule has 1 atom stereocenters. The molecule has 1 fully saturated rings. The van der Waals surface area contributed by atoms with Crippen LogP contribution in [-0.2, 0) is 10.0 Å². The predicted molar refractivity (Wildman–Crippen MR) is 59.9 cm³/mol. The van der Waals surface area contributed by atoms with Crippen molar-refractivity contribution in [3.8, 4) is 0 Å². The van der Waals surface area contributed by atoms with Crippen LogP contribution in [0.15, 0.2) is 30.3 Å². The van der Waals surface area contributed by atoms with E-state index in [2.05, 4.69) is 4.72 Å². The summed E-state index contributed by atoms with van der Waals surface area (Å²) in [5, 5.41) is 0. The summed E-state index contributed by atoms with van der Waals surface area (Å²) in [4.78, 5) is 0. The summed E-state index contributed by atoms with van der Waals surface area (Å²) in [6.45, 7) is 0. The highest BCUT2D eigenvalue weighted by Gasteiger charge is 2.33. The van der Waals surface area contributed by atoms with Gasteiger partial charge in [0, 0.05) is 6.04 Å². The highest BCUT2D eigenvalue weighted by atomic mass is 32.2. The van der Waals surface area contributed by atoms with Gasteiger partial charge in [0.15, 0.2) is 0 Å². The Kier molecular flexibility index (Phi) is 2.80. The van der Waals surface area contributed by atoms with Crippen molar-refractivity contribution < 1.29 is 8.42 Å². The minimum absolute atomic E-state index is 0.0406. The zero-order valence-electron chi connectivity index (χ0n) is 8.68. The van der Waals surface area contributed by atoms with Gasteiger partial charge in [-0.15, -0.1) is 0 Å². The molecule has 3 nitrogen and oxygen atoms in total. The lowest BCUT2D eigenvalue weighted by Crippen LogP contribution is -2.28. The fourth-order valence-electron chi connectivity index (χ4n) is 1.76. The van der Waals surface area contributed by atoms with E-state index in [1.165, 1.54) is 6.26 Å². The lowest BCUT2D eigenvalue weighted by Gasteiger charge is -2.16. The van der Waals surface area contributed by atoms with Gasteiger partial charge in [0.25, 0.3) is 0 Å². The van der Waals surface area contributed by atoms with Gasteiger partial charge in [-0.3, -0.25) is 0 Å². The number of hydrogen-bond donors (Lipinski definition) is 1. The van der Waals surface area contributed by atoms with Gasteiger partial charge in [-0.2, -0.15) is 0 Å². The third kappa shape index (κ3) is 3.04. The first-order valence-corrected chi connectivity index (χ1v) is 6.97. The normalized spacial score (nSPS) is 18.7. The van der Waals surface area contributed by atoms with Gasteiger partial charge >= 0.3 is 0 Å². The summed E-state index contributed by atoms with van der Waals surface area (Å²) in [7, 11) is -3.13. The zero-order valence-corrected chi connectivity index (χ0v) is 9.50. The van der Waals surface area contributed by atoms with Gasteiger partial charge in [-0.25, -0.2) is 13.1 Å². The van der Waals surface area contributed by atoms with Crippen molar-refractivity contribution in [2.24, 2.45) is 5.92 Å². The molecule has 1 aliphatic carbocycles. The molecule has 82 valence electrons. The second-order valence-corrected chi connectivity index (χ2v) is 5.90. The third-order valence-electron chi connectivity index (χ3n) is 2.59. The van der Waals surface area contributed by atoms with E-state index in [0.717, 1.165) is 18.4 Å². The maximum Gasteiger partial charge on any atom is 0.209 e. The predicted octanol–water partition coefficient (Wildman–Crippen LogP) is 1.69. The van der Waals surface area contributed by atoms with Crippen molar-refractivity contribution in [3.63, 3.8) is 0 Å².